The molecule has 5 fully saturated rings. The Kier molecular flexibility index (Phi) is 3.07. The minimum Gasteiger partial charge on any atom is -0.390 e. The van der Waals surface area contributed by atoms with Crippen molar-refractivity contribution in [3.05, 3.63) is 0 Å². The molecule has 120 valence electrons. The topological polar surface area (TPSA) is 26.7 Å². The molecule has 1 saturated heterocycles. The maximum atomic E-state index is 10.8. The predicted molar refractivity (Wildman–Crippen MR) is 84.9 cm³/mol. The van der Waals surface area contributed by atoms with Gasteiger partial charge in [0.05, 0.1) is 12.3 Å². The Morgan fingerprint density at radius 3 is 2.19 bits per heavy atom. The summed E-state index contributed by atoms with van der Waals surface area (Å²) in [5, 5.41) is 10.8. The third-order valence-corrected chi connectivity index (χ3v) is 7.65. The smallest absolute Gasteiger partial charge is 0.0657 e. The molecule has 3 unspecified atom stereocenters. The van der Waals surface area contributed by atoms with E-state index in [1.165, 1.54) is 19.4 Å². The van der Waals surface area contributed by atoms with Crippen LogP contribution in [0.5, 0.6) is 0 Å². The lowest BCUT2D eigenvalue weighted by atomic mass is 9.52. The van der Waals surface area contributed by atoms with Crippen LogP contribution in [0.1, 0.15) is 52.9 Å². The van der Waals surface area contributed by atoms with Crippen LogP contribution in [0.4, 0.5) is 0 Å². The minimum absolute atomic E-state index is 0.292. The summed E-state index contributed by atoms with van der Waals surface area (Å²) in [6, 6.07) is 0.741. The molecule has 5 aliphatic rings. The number of rotatable bonds is 2. The fourth-order valence-electron chi connectivity index (χ4n) is 6.39. The van der Waals surface area contributed by atoms with Gasteiger partial charge < -0.3 is 5.11 Å². The molecule has 21 heavy (non-hydrogen) atoms. The molecule has 4 saturated carbocycles. The van der Waals surface area contributed by atoms with Crippen LogP contribution in [0.3, 0.4) is 0 Å². The SMILES string of the molecule is CC(C)C1(C)CN(C2C3CC4CC2CC(O)(C4)C3)CN1C. The molecular formula is C18H32N2O. The highest BCUT2D eigenvalue weighted by Gasteiger charge is 2.57. The molecule has 3 atom stereocenters. The third-order valence-electron chi connectivity index (χ3n) is 7.65. The molecule has 0 aromatic heterocycles. The van der Waals surface area contributed by atoms with Crippen molar-refractivity contribution < 1.29 is 5.11 Å². The highest BCUT2D eigenvalue weighted by Crippen LogP contribution is 2.57. The van der Waals surface area contributed by atoms with E-state index in [1.54, 1.807) is 0 Å². The average Bonchev–Trinajstić information content (AvgIpc) is 2.64. The van der Waals surface area contributed by atoms with Crippen molar-refractivity contribution in [1.29, 1.82) is 0 Å². The van der Waals surface area contributed by atoms with E-state index < -0.39 is 0 Å². The first-order chi connectivity index (χ1) is 9.81. The molecule has 0 aromatic carbocycles. The molecule has 3 nitrogen and oxygen atoms in total. The van der Waals surface area contributed by atoms with Crippen molar-refractivity contribution in [2.75, 3.05) is 20.3 Å². The summed E-state index contributed by atoms with van der Waals surface area (Å²) in [5.41, 5.74) is 0.0194. The number of nitrogens with zero attached hydrogens (tertiary/aromatic N) is 2. The Balaban J connectivity index is 1.56. The van der Waals surface area contributed by atoms with Crippen molar-refractivity contribution in [3.8, 4) is 0 Å². The van der Waals surface area contributed by atoms with Crippen molar-refractivity contribution >= 4 is 0 Å². The molecule has 0 aromatic rings. The van der Waals surface area contributed by atoms with Crippen molar-refractivity contribution in [2.24, 2.45) is 23.7 Å². The summed E-state index contributed by atoms with van der Waals surface area (Å²) in [7, 11) is 2.30. The normalized spacial score (nSPS) is 54.0. The summed E-state index contributed by atoms with van der Waals surface area (Å²) in [6.07, 6.45) is 5.99. The number of aliphatic hydroxyl groups is 1. The lowest BCUT2D eigenvalue weighted by molar-refractivity contribution is -0.158. The van der Waals surface area contributed by atoms with Gasteiger partial charge in [-0.25, -0.2) is 0 Å². The Labute approximate surface area is 129 Å². The first-order valence-corrected chi connectivity index (χ1v) is 8.98. The van der Waals surface area contributed by atoms with Gasteiger partial charge in [-0.15, -0.1) is 0 Å². The molecule has 3 heteroatoms. The van der Waals surface area contributed by atoms with E-state index in [1.807, 2.05) is 0 Å². The Morgan fingerprint density at radius 1 is 1.10 bits per heavy atom. The number of hydrogen-bond donors (Lipinski definition) is 1. The van der Waals surface area contributed by atoms with Crippen molar-refractivity contribution in [1.82, 2.24) is 9.80 Å². The van der Waals surface area contributed by atoms with Gasteiger partial charge >= 0.3 is 0 Å². The van der Waals surface area contributed by atoms with E-state index in [4.69, 9.17) is 0 Å². The van der Waals surface area contributed by atoms with Crippen LogP contribution in [0, 0.1) is 23.7 Å². The highest BCUT2D eigenvalue weighted by molar-refractivity contribution is 5.10. The van der Waals surface area contributed by atoms with Gasteiger partial charge in [-0.3, -0.25) is 9.80 Å². The summed E-state index contributed by atoms with van der Waals surface area (Å²) >= 11 is 0. The molecule has 4 aliphatic carbocycles. The Bertz CT molecular complexity index is 421. The molecule has 4 bridgehead atoms. The minimum atomic E-state index is -0.292. The second-order valence-corrected chi connectivity index (χ2v) is 9.28. The number of likely N-dealkylation sites (N-methyl/N-ethyl adjacent to an activating group) is 1. The van der Waals surface area contributed by atoms with Gasteiger partial charge in [0.2, 0.25) is 0 Å². The van der Waals surface area contributed by atoms with Crippen LogP contribution in [-0.2, 0) is 0 Å². The Hall–Kier alpha value is -0.120. The molecule has 1 heterocycles. The Morgan fingerprint density at radius 2 is 1.71 bits per heavy atom. The molecule has 5 rings (SSSR count). The molecule has 1 aliphatic heterocycles. The van der Waals surface area contributed by atoms with Gasteiger partial charge in [0.15, 0.2) is 0 Å². The zero-order chi connectivity index (χ0) is 15.0. The molecular weight excluding hydrogens is 260 g/mol. The summed E-state index contributed by atoms with van der Waals surface area (Å²) in [6.45, 7) is 9.48. The van der Waals surface area contributed by atoms with E-state index in [9.17, 15) is 5.11 Å². The van der Waals surface area contributed by atoms with Gasteiger partial charge in [0.1, 0.15) is 0 Å². The van der Waals surface area contributed by atoms with E-state index >= 15 is 0 Å². The monoisotopic (exact) mass is 292 g/mol. The average molecular weight is 292 g/mol. The van der Waals surface area contributed by atoms with E-state index in [-0.39, 0.29) is 5.60 Å². The standard InChI is InChI=1S/C18H32N2O/c1-12(2)17(3)10-20(11-19(17)4)16-14-5-13-6-15(16)9-18(21,7-13)8-14/h12-16,21H,5-11H2,1-4H3. The molecule has 0 amide bonds. The largest absolute Gasteiger partial charge is 0.390 e. The molecule has 0 spiro atoms. The van der Waals surface area contributed by atoms with Crippen LogP contribution in [-0.4, -0.2) is 52.3 Å². The van der Waals surface area contributed by atoms with Gasteiger partial charge in [0, 0.05) is 18.1 Å². The predicted octanol–water partition coefficient (Wildman–Crippen LogP) is 2.55. The van der Waals surface area contributed by atoms with Gasteiger partial charge in [-0.05, 0) is 69.7 Å². The van der Waals surface area contributed by atoms with E-state index in [0.717, 1.165) is 49.7 Å². The summed E-state index contributed by atoms with van der Waals surface area (Å²) in [4.78, 5) is 5.34. The fraction of sp³-hybridized carbons (Fsp3) is 1.00. The van der Waals surface area contributed by atoms with Gasteiger partial charge in [0.25, 0.3) is 0 Å². The van der Waals surface area contributed by atoms with E-state index in [0.29, 0.717) is 11.5 Å². The van der Waals surface area contributed by atoms with Crippen LogP contribution in [0.25, 0.3) is 0 Å². The first kappa shape index (κ1) is 14.5. The molecule has 1 N–H and O–H groups in total. The summed E-state index contributed by atoms with van der Waals surface area (Å²) < 4.78 is 0. The fourth-order valence-corrected chi connectivity index (χ4v) is 6.39. The van der Waals surface area contributed by atoms with Gasteiger partial charge in [-0.1, -0.05) is 13.8 Å². The third kappa shape index (κ3) is 2.04. The van der Waals surface area contributed by atoms with Crippen LogP contribution in [0.2, 0.25) is 0 Å². The van der Waals surface area contributed by atoms with Crippen LogP contribution >= 0.6 is 0 Å². The first-order valence-electron chi connectivity index (χ1n) is 8.98. The number of hydrogen-bond acceptors (Lipinski definition) is 3. The molecule has 0 radical (unpaired) electrons. The highest BCUT2D eigenvalue weighted by atomic mass is 16.3. The zero-order valence-corrected chi connectivity index (χ0v) is 14.2. The quantitative estimate of drug-likeness (QED) is 0.847. The van der Waals surface area contributed by atoms with Crippen LogP contribution in [0.15, 0.2) is 0 Å². The maximum Gasteiger partial charge on any atom is 0.0657 e. The second-order valence-electron chi connectivity index (χ2n) is 9.28. The van der Waals surface area contributed by atoms with Crippen LogP contribution < -0.4 is 0 Å². The lowest BCUT2D eigenvalue weighted by Crippen LogP contribution is -2.61. The second kappa shape index (κ2) is 4.46. The van der Waals surface area contributed by atoms with Crippen molar-refractivity contribution in [2.45, 2.75) is 70.1 Å². The maximum absolute atomic E-state index is 10.8. The zero-order valence-electron chi connectivity index (χ0n) is 14.2. The van der Waals surface area contributed by atoms with Gasteiger partial charge in [-0.2, -0.15) is 0 Å². The lowest BCUT2D eigenvalue weighted by Gasteiger charge is -2.60. The summed E-state index contributed by atoms with van der Waals surface area (Å²) in [5.74, 6) is 3.02. The van der Waals surface area contributed by atoms with Crippen molar-refractivity contribution in [3.63, 3.8) is 0 Å². The van der Waals surface area contributed by atoms with E-state index in [2.05, 4.69) is 37.6 Å².